The van der Waals surface area contributed by atoms with Gasteiger partial charge in [0.15, 0.2) is 0 Å². The first-order valence-corrected chi connectivity index (χ1v) is 8.18. The molecule has 1 aliphatic heterocycles. The summed E-state index contributed by atoms with van der Waals surface area (Å²) in [7, 11) is 0. The molecular formula is C19H21FN2O2. The highest BCUT2D eigenvalue weighted by Gasteiger charge is 2.24. The summed E-state index contributed by atoms with van der Waals surface area (Å²) in [6, 6.07) is 15.9. The average Bonchev–Trinajstić information content (AvgIpc) is 2.62. The molecule has 1 fully saturated rings. The lowest BCUT2D eigenvalue weighted by atomic mass is 10.1. The summed E-state index contributed by atoms with van der Waals surface area (Å²) in [5.74, 6) is -0.257. The summed E-state index contributed by atoms with van der Waals surface area (Å²) in [5, 5.41) is 2.89. The van der Waals surface area contributed by atoms with Gasteiger partial charge in [0.25, 0.3) is 0 Å². The minimum atomic E-state index is -0.257. The molecule has 126 valence electrons. The highest BCUT2D eigenvalue weighted by molar-refractivity contribution is 5.89. The second-order valence-corrected chi connectivity index (χ2v) is 5.91. The number of halogens is 1. The molecule has 1 aliphatic rings. The van der Waals surface area contributed by atoms with Crippen molar-refractivity contribution in [3.63, 3.8) is 0 Å². The Labute approximate surface area is 141 Å². The number of ether oxygens (including phenoxy) is 1. The Morgan fingerprint density at radius 2 is 1.92 bits per heavy atom. The Balaban J connectivity index is 1.52. The van der Waals surface area contributed by atoms with Crippen molar-refractivity contribution in [3.05, 3.63) is 66.0 Å². The van der Waals surface area contributed by atoms with E-state index in [4.69, 9.17) is 4.74 Å². The molecule has 4 nitrogen and oxygen atoms in total. The zero-order valence-corrected chi connectivity index (χ0v) is 13.5. The maximum Gasteiger partial charge on any atom is 0.321 e. The molecule has 1 unspecified atom stereocenters. The van der Waals surface area contributed by atoms with E-state index in [0.717, 1.165) is 18.5 Å². The minimum Gasteiger partial charge on any atom is -0.372 e. The van der Waals surface area contributed by atoms with Crippen molar-refractivity contribution in [1.29, 1.82) is 0 Å². The Morgan fingerprint density at radius 1 is 1.17 bits per heavy atom. The largest absolute Gasteiger partial charge is 0.372 e. The number of anilines is 1. The molecule has 0 spiro atoms. The fourth-order valence-electron chi connectivity index (χ4n) is 2.81. The molecule has 1 heterocycles. The van der Waals surface area contributed by atoms with Crippen LogP contribution < -0.4 is 5.32 Å². The van der Waals surface area contributed by atoms with E-state index < -0.39 is 0 Å². The molecule has 0 aliphatic carbocycles. The molecule has 2 amide bonds. The van der Waals surface area contributed by atoms with Crippen LogP contribution in [-0.2, 0) is 11.3 Å². The lowest BCUT2D eigenvalue weighted by Gasteiger charge is -2.32. The van der Waals surface area contributed by atoms with Crippen LogP contribution in [0.1, 0.15) is 18.4 Å². The van der Waals surface area contributed by atoms with E-state index in [1.807, 2.05) is 30.3 Å². The first kappa shape index (κ1) is 16.5. The normalized spacial score (nSPS) is 17.5. The second kappa shape index (κ2) is 7.93. The number of hydrogen-bond donors (Lipinski definition) is 1. The van der Waals surface area contributed by atoms with Crippen LogP contribution in [0.4, 0.5) is 14.9 Å². The number of hydrogen-bond acceptors (Lipinski definition) is 2. The standard InChI is InChI=1S/C19H21FN2O2/c20-18-11-5-4-7-15(18)14-24-17-10-6-12-22(13-17)19(23)21-16-8-2-1-3-9-16/h1-5,7-9,11,17H,6,10,12-14H2,(H,21,23). The number of benzene rings is 2. The Morgan fingerprint density at radius 3 is 2.71 bits per heavy atom. The fraction of sp³-hybridized carbons (Fsp3) is 0.316. The third-order valence-electron chi connectivity index (χ3n) is 4.12. The highest BCUT2D eigenvalue weighted by Crippen LogP contribution is 2.17. The molecule has 1 N–H and O–H groups in total. The van der Waals surface area contributed by atoms with E-state index in [2.05, 4.69) is 5.32 Å². The third-order valence-corrected chi connectivity index (χ3v) is 4.12. The maximum absolute atomic E-state index is 13.6. The SMILES string of the molecule is O=C(Nc1ccccc1)N1CCCC(OCc2ccccc2F)C1. The van der Waals surface area contributed by atoms with Gasteiger partial charge in [-0.2, -0.15) is 0 Å². The van der Waals surface area contributed by atoms with Gasteiger partial charge in [0.05, 0.1) is 12.7 Å². The van der Waals surface area contributed by atoms with E-state index in [0.29, 0.717) is 18.7 Å². The summed E-state index contributed by atoms with van der Waals surface area (Å²) >= 11 is 0. The molecule has 24 heavy (non-hydrogen) atoms. The van der Waals surface area contributed by atoms with E-state index in [1.54, 1.807) is 23.1 Å². The van der Waals surface area contributed by atoms with Crippen molar-refractivity contribution in [2.24, 2.45) is 0 Å². The molecular weight excluding hydrogens is 307 g/mol. The maximum atomic E-state index is 13.6. The first-order valence-electron chi connectivity index (χ1n) is 8.18. The zero-order chi connectivity index (χ0) is 16.8. The average molecular weight is 328 g/mol. The van der Waals surface area contributed by atoms with E-state index in [9.17, 15) is 9.18 Å². The van der Waals surface area contributed by atoms with Gasteiger partial charge in [-0.15, -0.1) is 0 Å². The number of nitrogens with one attached hydrogen (secondary N) is 1. The molecule has 2 aromatic rings. The molecule has 0 saturated carbocycles. The number of urea groups is 1. The second-order valence-electron chi connectivity index (χ2n) is 5.91. The minimum absolute atomic E-state index is 0.0696. The van der Waals surface area contributed by atoms with Crippen LogP contribution >= 0.6 is 0 Å². The first-order chi connectivity index (χ1) is 11.7. The number of rotatable bonds is 4. The van der Waals surface area contributed by atoms with Crippen LogP contribution in [0.5, 0.6) is 0 Å². The zero-order valence-electron chi connectivity index (χ0n) is 13.5. The summed E-state index contributed by atoms with van der Waals surface area (Å²) in [6.45, 7) is 1.46. The number of piperidine rings is 1. The topological polar surface area (TPSA) is 41.6 Å². The summed E-state index contributed by atoms with van der Waals surface area (Å²) in [5.41, 5.74) is 1.32. The van der Waals surface area contributed by atoms with Crippen LogP contribution in [0.2, 0.25) is 0 Å². The lowest BCUT2D eigenvalue weighted by molar-refractivity contribution is -0.0000421. The van der Waals surface area contributed by atoms with Gasteiger partial charge in [-0.05, 0) is 31.0 Å². The Bertz CT molecular complexity index is 678. The molecule has 5 heteroatoms. The monoisotopic (exact) mass is 328 g/mol. The number of amides is 2. The molecule has 0 bridgehead atoms. The molecule has 1 atom stereocenters. The van der Waals surface area contributed by atoms with Crippen LogP contribution in [-0.4, -0.2) is 30.1 Å². The van der Waals surface area contributed by atoms with Gasteiger partial charge in [0, 0.05) is 24.3 Å². The Hall–Kier alpha value is -2.40. The van der Waals surface area contributed by atoms with Crippen LogP contribution in [0, 0.1) is 5.82 Å². The van der Waals surface area contributed by atoms with Gasteiger partial charge in [0.1, 0.15) is 5.82 Å². The predicted octanol–water partition coefficient (Wildman–Crippen LogP) is 4.04. The summed E-state index contributed by atoms with van der Waals surface area (Å²) in [4.78, 5) is 14.1. The summed E-state index contributed by atoms with van der Waals surface area (Å²) < 4.78 is 19.5. The number of para-hydroxylation sites is 1. The van der Waals surface area contributed by atoms with Gasteiger partial charge < -0.3 is 15.0 Å². The smallest absolute Gasteiger partial charge is 0.321 e. The van der Waals surface area contributed by atoms with Crippen LogP contribution in [0.3, 0.4) is 0 Å². The number of carbonyl (C=O) groups is 1. The Kier molecular flexibility index (Phi) is 5.43. The summed E-state index contributed by atoms with van der Waals surface area (Å²) in [6.07, 6.45) is 1.69. The fourth-order valence-corrected chi connectivity index (χ4v) is 2.81. The quantitative estimate of drug-likeness (QED) is 0.920. The molecule has 1 saturated heterocycles. The van der Waals surface area contributed by atoms with E-state index in [-0.39, 0.29) is 24.6 Å². The van der Waals surface area contributed by atoms with Crippen molar-refractivity contribution < 1.29 is 13.9 Å². The number of carbonyl (C=O) groups excluding carboxylic acids is 1. The molecule has 2 aromatic carbocycles. The van der Waals surface area contributed by atoms with Gasteiger partial charge in [-0.3, -0.25) is 0 Å². The van der Waals surface area contributed by atoms with Crippen molar-refractivity contribution in [2.75, 3.05) is 18.4 Å². The van der Waals surface area contributed by atoms with Crippen LogP contribution in [0.15, 0.2) is 54.6 Å². The van der Waals surface area contributed by atoms with Crippen molar-refractivity contribution in [1.82, 2.24) is 4.90 Å². The van der Waals surface area contributed by atoms with Crippen molar-refractivity contribution in [3.8, 4) is 0 Å². The van der Waals surface area contributed by atoms with Gasteiger partial charge in [-0.1, -0.05) is 36.4 Å². The third kappa shape index (κ3) is 4.32. The lowest BCUT2D eigenvalue weighted by Crippen LogP contribution is -2.45. The van der Waals surface area contributed by atoms with Crippen molar-refractivity contribution in [2.45, 2.75) is 25.6 Å². The van der Waals surface area contributed by atoms with Gasteiger partial charge in [-0.25, -0.2) is 9.18 Å². The van der Waals surface area contributed by atoms with E-state index in [1.165, 1.54) is 6.07 Å². The number of nitrogens with zero attached hydrogens (tertiary/aromatic N) is 1. The van der Waals surface area contributed by atoms with E-state index >= 15 is 0 Å². The highest BCUT2D eigenvalue weighted by atomic mass is 19.1. The molecule has 3 rings (SSSR count). The molecule has 0 aromatic heterocycles. The van der Waals surface area contributed by atoms with Crippen LogP contribution in [0.25, 0.3) is 0 Å². The number of likely N-dealkylation sites (tertiary alicyclic amines) is 1. The van der Waals surface area contributed by atoms with Gasteiger partial charge in [0.2, 0.25) is 0 Å². The van der Waals surface area contributed by atoms with Crippen molar-refractivity contribution >= 4 is 11.7 Å². The predicted molar refractivity (Wildman–Crippen MR) is 91.2 cm³/mol. The van der Waals surface area contributed by atoms with Gasteiger partial charge >= 0.3 is 6.03 Å². The molecule has 0 radical (unpaired) electrons.